The summed E-state index contributed by atoms with van der Waals surface area (Å²) in [7, 11) is 1.39. The van der Waals surface area contributed by atoms with Crippen molar-refractivity contribution in [3.8, 4) is 0 Å². The van der Waals surface area contributed by atoms with Gasteiger partial charge in [-0.15, -0.1) is 0 Å². The SMILES string of the molecule is CC.COC(=O)c1cc(C)c2ncc(C)cc2c1. The minimum absolute atomic E-state index is 0.313. The van der Waals surface area contributed by atoms with Crippen molar-refractivity contribution in [2.75, 3.05) is 7.11 Å². The molecule has 0 unspecified atom stereocenters. The largest absolute Gasteiger partial charge is 0.465 e. The molecule has 0 aliphatic heterocycles. The number of hydrogen-bond donors (Lipinski definition) is 0. The minimum Gasteiger partial charge on any atom is -0.465 e. The van der Waals surface area contributed by atoms with E-state index in [1.54, 1.807) is 6.07 Å². The number of esters is 1. The van der Waals surface area contributed by atoms with Gasteiger partial charge in [0, 0.05) is 11.6 Å². The highest BCUT2D eigenvalue weighted by molar-refractivity contribution is 5.95. The molecule has 0 atom stereocenters. The second-order valence-electron chi connectivity index (χ2n) is 3.87. The lowest BCUT2D eigenvalue weighted by molar-refractivity contribution is 0.0601. The van der Waals surface area contributed by atoms with E-state index in [1.165, 1.54) is 7.11 Å². The summed E-state index contributed by atoms with van der Waals surface area (Å²) in [6, 6.07) is 5.63. The molecule has 0 N–H and O–H groups in total. The molecule has 0 fully saturated rings. The molecule has 2 aromatic rings. The first-order chi connectivity index (χ1) is 8.61. The molecule has 3 heteroatoms. The van der Waals surface area contributed by atoms with Gasteiger partial charge in [0.2, 0.25) is 0 Å². The zero-order valence-electron chi connectivity index (χ0n) is 11.6. The zero-order chi connectivity index (χ0) is 13.7. The Kier molecular flexibility index (Phi) is 4.84. The summed E-state index contributed by atoms with van der Waals surface area (Å²) < 4.78 is 4.71. The van der Waals surface area contributed by atoms with E-state index < -0.39 is 0 Å². The van der Waals surface area contributed by atoms with Gasteiger partial charge in [0.1, 0.15) is 0 Å². The van der Waals surface area contributed by atoms with Crippen molar-refractivity contribution in [3.05, 3.63) is 41.1 Å². The number of aromatic nitrogens is 1. The van der Waals surface area contributed by atoms with Crippen LogP contribution in [0.15, 0.2) is 24.4 Å². The summed E-state index contributed by atoms with van der Waals surface area (Å²) >= 11 is 0. The maximum Gasteiger partial charge on any atom is 0.337 e. The second kappa shape index (κ2) is 6.15. The van der Waals surface area contributed by atoms with Crippen LogP contribution < -0.4 is 0 Å². The normalized spacial score (nSPS) is 9.61. The number of nitrogens with zero attached hydrogens (tertiary/aromatic N) is 1. The minimum atomic E-state index is -0.313. The predicted octanol–water partition coefficient (Wildman–Crippen LogP) is 3.66. The van der Waals surface area contributed by atoms with Crippen molar-refractivity contribution in [3.63, 3.8) is 0 Å². The maximum absolute atomic E-state index is 11.5. The summed E-state index contributed by atoms with van der Waals surface area (Å²) in [5.74, 6) is -0.313. The van der Waals surface area contributed by atoms with E-state index in [0.29, 0.717) is 5.56 Å². The van der Waals surface area contributed by atoms with E-state index in [2.05, 4.69) is 4.98 Å². The molecule has 96 valence electrons. The van der Waals surface area contributed by atoms with Crippen LogP contribution in [0, 0.1) is 13.8 Å². The Morgan fingerprint density at radius 3 is 2.44 bits per heavy atom. The second-order valence-corrected chi connectivity index (χ2v) is 3.87. The molecule has 3 nitrogen and oxygen atoms in total. The van der Waals surface area contributed by atoms with Crippen LogP contribution in [-0.4, -0.2) is 18.1 Å². The van der Waals surface area contributed by atoms with Gasteiger partial charge in [0.25, 0.3) is 0 Å². The monoisotopic (exact) mass is 245 g/mol. The molecule has 18 heavy (non-hydrogen) atoms. The van der Waals surface area contributed by atoms with E-state index in [0.717, 1.165) is 22.0 Å². The van der Waals surface area contributed by atoms with E-state index >= 15 is 0 Å². The number of aryl methyl sites for hydroxylation is 2. The molecule has 0 spiro atoms. The van der Waals surface area contributed by atoms with E-state index in [1.807, 2.05) is 46.0 Å². The molecule has 1 aromatic carbocycles. The lowest BCUT2D eigenvalue weighted by atomic mass is 10.1. The molecule has 0 radical (unpaired) electrons. The van der Waals surface area contributed by atoms with Crippen LogP contribution in [0.1, 0.15) is 35.3 Å². The quantitative estimate of drug-likeness (QED) is 0.720. The Morgan fingerprint density at radius 1 is 1.17 bits per heavy atom. The summed E-state index contributed by atoms with van der Waals surface area (Å²) in [5, 5.41) is 0.973. The smallest absolute Gasteiger partial charge is 0.337 e. The molecule has 0 aliphatic carbocycles. The van der Waals surface area contributed by atoms with Crippen LogP contribution in [0.2, 0.25) is 0 Å². The Bertz CT molecular complexity index is 562. The van der Waals surface area contributed by atoms with Crippen molar-refractivity contribution < 1.29 is 9.53 Å². The van der Waals surface area contributed by atoms with Crippen molar-refractivity contribution >= 4 is 16.9 Å². The van der Waals surface area contributed by atoms with Crippen molar-refractivity contribution in [2.45, 2.75) is 27.7 Å². The highest BCUT2D eigenvalue weighted by atomic mass is 16.5. The Morgan fingerprint density at radius 2 is 1.83 bits per heavy atom. The van der Waals surface area contributed by atoms with Crippen LogP contribution in [0.25, 0.3) is 10.9 Å². The molecule has 2 rings (SSSR count). The van der Waals surface area contributed by atoms with Gasteiger partial charge >= 0.3 is 5.97 Å². The van der Waals surface area contributed by atoms with Crippen molar-refractivity contribution in [1.82, 2.24) is 4.98 Å². The van der Waals surface area contributed by atoms with Crippen LogP contribution in [0.5, 0.6) is 0 Å². The molecule has 0 aliphatic rings. The molecule has 0 saturated heterocycles. The summed E-state index contributed by atoms with van der Waals surface area (Å²) in [6.07, 6.45) is 1.83. The van der Waals surface area contributed by atoms with E-state index in [4.69, 9.17) is 4.74 Å². The molecule has 1 heterocycles. The first-order valence-electron chi connectivity index (χ1n) is 6.07. The van der Waals surface area contributed by atoms with Gasteiger partial charge < -0.3 is 4.74 Å². The molecule has 0 amide bonds. The van der Waals surface area contributed by atoms with Crippen LogP contribution in [0.3, 0.4) is 0 Å². The molecular formula is C15H19NO2. The van der Waals surface area contributed by atoms with E-state index in [9.17, 15) is 4.79 Å². The van der Waals surface area contributed by atoms with Gasteiger partial charge in [0.15, 0.2) is 0 Å². The number of carbonyl (C=O) groups excluding carboxylic acids is 1. The van der Waals surface area contributed by atoms with Gasteiger partial charge in [-0.1, -0.05) is 13.8 Å². The number of hydrogen-bond acceptors (Lipinski definition) is 3. The number of benzene rings is 1. The predicted molar refractivity (Wildman–Crippen MR) is 73.9 cm³/mol. The first kappa shape index (κ1) is 14.2. The summed E-state index contributed by atoms with van der Waals surface area (Å²) in [6.45, 7) is 7.92. The third kappa shape index (κ3) is 2.86. The highest BCUT2D eigenvalue weighted by Gasteiger charge is 2.09. The van der Waals surface area contributed by atoms with Crippen LogP contribution in [0.4, 0.5) is 0 Å². The van der Waals surface area contributed by atoms with Gasteiger partial charge in [0.05, 0.1) is 18.2 Å². The topological polar surface area (TPSA) is 39.2 Å². The number of methoxy groups -OCH3 is 1. The Labute approximate surface area is 108 Å². The number of rotatable bonds is 1. The fourth-order valence-corrected chi connectivity index (χ4v) is 1.78. The lowest BCUT2D eigenvalue weighted by Gasteiger charge is -2.05. The van der Waals surface area contributed by atoms with Crippen molar-refractivity contribution in [2.24, 2.45) is 0 Å². The van der Waals surface area contributed by atoms with Gasteiger partial charge in [-0.2, -0.15) is 0 Å². The Hall–Kier alpha value is -1.90. The average molecular weight is 245 g/mol. The maximum atomic E-state index is 11.5. The molecule has 1 aromatic heterocycles. The molecule has 0 bridgehead atoms. The number of pyridine rings is 1. The molecular weight excluding hydrogens is 226 g/mol. The van der Waals surface area contributed by atoms with Gasteiger partial charge in [-0.05, 0) is 43.2 Å². The first-order valence-corrected chi connectivity index (χ1v) is 6.07. The van der Waals surface area contributed by atoms with Crippen molar-refractivity contribution in [1.29, 1.82) is 0 Å². The number of carbonyl (C=O) groups is 1. The average Bonchev–Trinajstić information content (AvgIpc) is 2.39. The fraction of sp³-hybridized carbons (Fsp3) is 0.333. The summed E-state index contributed by atoms with van der Waals surface area (Å²) in [5.41, 5.74) is 3.56. The molecule has 0 saturated carbocycles. The highest BCUT2D eigenvalue weighted by Crippen LogP contribution is 2.20. The standard InChI is InChI=1S/C13H13NO2.C2H6/c1-8-4-10-6-11(13(15)16-3)5-9(2)12(10)14-7-8;1-2/h4-7H,1-3H3;1-2H3. The van der Waals surface area contributed by atoms with Crippen LogP contribution in [-0.2, 0) is 4.74 Å². The number of ether oxygens (including phenoxy) is 1. The Balaban J connectivity index is 0.000000771. The third-order valence-electron chi connectivity index (χ3n) is 2.53. The zero-order valence-corrected chi connectivity index (χ0v) is 11.6. The van der Waals surface area contributed by atoms with Gasteiger partial charge in [-0.25, -0.2) is 4.79 Å². The van der Waals surface area contributed by atoms with Crippen LogP contribution >= 0.6 is 0 Å². The fourth-order valence-electron chi connectivity index (χ4n) is 1.78. The summed E-state index contributed by atoms with van der Waals surface area (Å²) in [4.78, 5) is 15.8. The number of fused-ring (bicyclic) bond motifs is 1. The van der Waals surface area contributed by atoms with Gasteiger partial charge in [-0.3, -0.25) is 4.98 Å². The van der Waals surface area contributed by atoms with E-state index in [-0.39, 0.29) is 5.97 Å². The third-order valence-corrected chi connectivity index (χ3v) is 2.53. The lowest BCUT2D eigenvalue weighted by Crippen LogP contribution is -2.02.